The van der Waals surface area contributed by atoms with Gasteiger partial charge in [0.15, 0.2) is 6.10 Å². The molecule has 0 fully saturated rings. The predicted octanol–water partition coefficient (Wildman–Crippen LogP) is 2.76. The molecule has 1 aromatic carbocycles. The van der Waals surface area contributed by atoms with E-state index in [2.05, 4.69) is 9.98 Å². The SMILES string of the molecule is O=C1OC(Cc2ccccn2)C(O)=C1C=Nc1ccccc1. The van der Waals surface area contributed by atoms with Crippen LogP contribution in [0.5, 0.6) is 0 Å². The van der Waals surface area contributed by atoms with Gasteiger partial charge in [0.05, 0.1) is 5.69 Å². The maximum absolute atomic E-state index is 11.9. The molecule has 0 spiro atoms. The van der Waals surface area contributed by atoms with Gasteiger partial charge >= 0.3 is 5.97 Å². The Bertz CT molecular complexity index is 724. The zero-order valence-electron chi connectivity index (χ0n) is 11.7. The van der Waals surface area contributed by atoms with E-state index in [0.29, 0.717) is 12.1 Å². The normalized spacial score (nSPS) is 18.0. The molecule has 1 unspecified atom stereocenters. The number of carbonyl (C=O) groups is 1. The van der Waals surface area contributed by atoms with Crippen LogP contribution in [0.15, 0.2) is 71.1 Å². The van der Waals surface area contributed by atoms with Crippen molar-refractivity contribution in [2.24, 2.45) is 4.99 Å². The van der Waals surface area contributed by atoms with Crippen LogP contribution < -0.4 is 0 Å². The van der Waals surface area contributed by atoms with Crippen LogP contribution in [0.4, 0.5) is 5.69 Å². The van der Waals surface area contributed by atoms with Gasteiger partial charge in [-0.3, -0.25) is 9.98 Å². The van der Waals surface area contributed by atoms with Crippen LogP contribution in [0, 0.1) is 0 Å². The lowest BCUT2D eigenvalue weighted by molar-refractivity contribution is -0.139. The molecule has 0 aliphatic carbocycles. The fourth-order valence-electron chi connectivity index (χ4n) is 2.15. The van der Waals surface area contributed by atoms with Crippen LogP contribution >= 0.6 is 0 Å². The molecule has 3 rings (SSSR count). The van der Waals surface area contributed by atoms with Crippen molar-refractivity contribution >= 4 is 17.9 Å². The molecule has 0 saturated heterocycles. The van der Waals surface area contributed by atoms with E-state index in [-0.39, 0.29) is 11.3 Å². The summed E-state index contributed by atoms with van der Waals surface area (Å²) in [5, 5.41) is 10.2. The van der Waals surface area contributed by atoms with E-state index in [4.69, 9.17) is 4.74 Å². The second kappa shape index (κ2) is 6.22. The first-order chi connectivity index (χ1) is 10.7. The van der Waals surface area contributed by atoms with Crippen molar-refractivity contribution in [3.05, 3.63) is 71.8 Å². The molecular formula is C17H14N2O3. The lowest BCUT2D eigenvalue weighted by Gasteiger charge is -2.08. The van der Waals surface area contributed by atoms with Crippen LogP contribution in [0.1, 0.15) is 5.69 Å². The summed E-state index contributed by atoms with van der Waals surface area (Å²) in [6.45, 7) is 0. The van der Waals surface area contributed by atoms with Gasteiger partial charge in [0.1, 0.15) is 11.3 Å². The third kappa shape index (κ3) is 3.03. The minimum absolute atomic E-state index is 0.0878. The first-order valence-electron chi connectivity index (χ1n) is 6.87. The molecule has 0 bridgehead atoms. The van der Waals surface area contributed by atoms with E-state index in [1.54, 1.807) is 24.4 Å². The average molecular weight is 294 g/mol. The van der Waals surface area contributed by atoms with E-state index >= 15 is 0 Å². The molecule has 5 heteroatoms. The topological polar surface area (TPSA) is 71.8 Å². The van der Waals surface area contributed by atoms with Gasteiger partial charge < -0.3 is 9.84 Å². The number of cyclic esters (lactones) is 1. The molecule has 22 heavy (non-hydrogen) atoms. The molecule has 1 aromatic heterocycles. The van der Waals surface area contributed by atoms with Crippen molar-refractivity contribution < 1.29 is 14.6 Å². The van der Waals surface area contributed by atoms with E-state index in [1.807, 2.05) is 30.3 Å². The maximum Gasteiger partial charge on any atom is 0.344 e. The Morgan fingerprint density at radius 2 is 1.95 bits per heavy atom. The van der Waals surface area contributed by atoms with Crippen molar-refractivity contribution in [3.8, 4) is 0 Å². The lowest BCUT2D eigenvalue weighted by Crippen LogP contribution is -2.15. The van der Waals surface area contributed by atoms with Gasteiger partial charge in [-0.25, -0.2) is 4.79 Å². The number of ether oxygens (including phenoxy) is 1. The zero-order chi connectivity index (χ0) is 15.4. The maximum atomic E-state index is 11.9. The first kappa shape index (κ1) is 14.0. The number of pyridine rings is 1. The number of para-hydroxylation sites is 1. The van der Waals surface area contributed by atoms with E-state index in [9.17, 15) is 9.90 Å². The van der Waals surface area contributed by atoms with Crippen LogP contribution in [0.3, 0.4) is 0 Å². The molecule has 0 saturated carbocycles. The summed E-state index contributed by atoms with van der Waals surface area (Å²) in [5.41, 5.74) is 1.53. The summed E-state index contributed by atoms with van der Waals surface area (Å²) in [6, 6.07) is 14.6. The molecule has 1 atom stereocenters. The Labute approximate surface area is 127 Å². The van der Waals surface area contributed by atoms with Crippen molar-refractivity contribution in [2.75, 3.05) is 0 Å². The highest BCUT2D eigenvalue weighted by molar-refractivity contribution is 6.12. The number of aromatic nitrogens is 1. The summed E-state index contributed by atoms with van der Waals surface area (Å²) >= 11 is 0. The number of aliphatic hydroxyl groups is 1. The third-order valence-electron chi connectivity index (χ3n) is 3.27. The minimum atomic E-state index is -0.709. The number of esters is 1. The van der Waals surface area contributed by atoms with Gasteiger partial charge in [-0.15, -0.1) is 0 Å². The van der Waals surface area contributed by atoms with Crippen LogP contribution in [-0.2, 0) is 16.0 Å². The Hall–Kier alpha value is -2.95. The van der Waals surface area contributed by atoms with Crippen molar-refractivity contribution in [1.29, 1.82) is 0 Å². The number of rotatable bonds is 4. The molecule has 110 valence electrons. The number of aliphatic hydroxyl groups excluding tert-OH is 1. The van der Waals surface area contributed by atoms with Gasteiger partial charge in [-0.05, 0) is 24.3 Å². The first-order valence-corrected chi connectivity index (χ1v) is 6.87. The van der Waals surface area contributed by atoms with E-state index < -0.39 is 12.1 Å². The number of nitrogens with zero attached hydrogens (tertiary/aromatic N) is 2. The number of carbonyl (C=O) groups excluding carboxylic acids is 1. The second-order valence-corrected chi connectivity index (χ2v) is 4.81. The Morgan fingerprint density at radius 3 is 2.68 bits per heavy atom. The Balaban J connectivity index is 1.78. The van der Waals surface area contributed by atoms with Crippen LogP contribution in [-0.4, -0.2) is 28.4 Å². The van der Waals surface area contributed by atoms with Gasteiger partial charge in [-0.2, -0.15) is 0 Å². The highest BCUT2D eigenvalue weighted by atomic mass is 16.6. The summed E-state index contributed by atoms with van der Waals surface area (Å²) < 4.78 is 5.18. The number of hydrogen-bond acceptors (Lipinski definition) is 5. The minimum Gasteiger partial charge on any atom is -0.507 e. The van der Waals surface area contributed by atoms with Crippen LogP contribution in [0.2, 0.25) is 0 Å². The quantitative estimate of drug-likeness (QED) is 0.695. The molecule has 0 amide bonds. The smallest absolute Gasteiger partial charge is 0.344 e. The van der Waals surface area contributed by atoms with Crippen molar-refractivity contribution in [3.63, 3.8) is 0 Å². The zero-order valence-corrected chi connectivity index (χ0v) is 11.7. The molecule has 2 aromatic rings. The standard InChI is InChI=1S/C17H14N2O3/c20-16-14(11-19-12-6-2-1-3-7-12)17(21)22-15(16)10-13-8-4-5-9-18-13/h1-9,11,15,20H,10H2. The predicted molar refractivity (Wildman–Crippen MR) is 82.1 cm³/mol. The van der Waals surface area contributed by atoms with Gasteiger partial charge in [0.2, 0.25) is 0 Å². The van der Waals surface area contributed by atoms with Gasteiger partial charge in [0, 0.05) is 24.5 Å². The number of benzene rings is 1. The monoisotopic (exact) mass is 294 g/mol. The fourth-order valence-corrected chi connectivity index (χ4v) is 2.15. The number of hydrogen-bond donors (Lipinski definition) is 1. The highest BCUT2D eigenvalue weighted by Crippen LogP contribution is 2.23. The largest absolute Gasteiger partial charge is 0.507 e. The summed E-state index contributed by atoms with van der Waals surface area (Å²) in [5.74, 6) is -0.673. The number of aliphatic imine (C=N–C) groups is 1. The molecular weight excluding hydrogens is 280 g/mol. The summed E-state index contributed by atoms with van der Waals surface area (Å²) in [7, 11) is 0. The van der Waals surface area contributed by atoms with Gasteiger partial charge in [0.25, 0.3) is 0 Å². The highest BCUT2D eigenvalue weighted by Gasteiger charge is 2.33. The van der Waals surface area contributed by atoms with E-state index in [0.717, 1.165) is 5.69 Å². The van der Waals surface area contributed by atoms with Crippen LogP contribution in [0.25, 0.3) is 0 Å². The molecule has 5 nitrogen and oxygen atoms in total. The third-order valence-corrected chi connectivity index (χ3v) is 3.27. The molecule has 0 radical (unpaired) electrons. The second-order valence-electron chi connectivity index (χ2n) is 4.81. The summed E-state index contributed by atoms with van der Waals surface area (Å²) in [6.07, 6.45) is 2.62. The van der Waals surface area contributed by atoms with Crippen molar-refractivity contribution in [2.45, 2.75) is 12.5 Å². The molecule has 1 N–H and O–H groups in total. The molecule has 2 heterocycles. The molecule has 1 aliphatic heterocycles. The molecule has 1 aliphatic rings. The van der Waals surface area contributed by atoms with Crippen molar-refractivity contribution in [1.82, 2.24) is 4.98 Å². The van der Waals surface area contributed by atoms with Gasteiger partial charge in [-0.1, -0.05) is 24.3 Å². The fraction of sp³-hybridized carbons (Fsp3) is 0.118. The Kier molecular flexibility index (Phi) is 3.96. The Morgan fingerprint density at radius 1 is 1.18 bits per heavy atom. The average Bonchev–Trinajstić information content (AvgIpc) is 2.81. The summed E-state index contributed by atoms with van der Waals surface area (Å²) in [4.78, 5) is 20.2. The van der Waals surface area contributed by atoms with E-state index in [1.165, 1.54) is 6.21 Å². The lowest BCUT2D eigenvalue weighted by atomic mass is 10.1.